The van der Waals surface area contributed by atoms with Gasteiger partial charge in [-0.25, -0.2) is 4.98 Å². The minimum atomic E-state index is -4.74. The van der Waals surface area contributed by atoms with Crippen LogP contribution >= 0.6 is 0 Å². The van der Waals surface area contributed by atoms with E-state index in [2.05, 4.69) is 15.0 Å². The van der Waals surface area contributed by atoms with E-state index in [1.54, 1.807) is 12.1 Å². The number of carbonyl (C=O) groups is 1. The van der Waals surface area contributed by atoms with E-state index in [1.807, 2.05) is 0 Å². The lowest BCUT2D eigenvalue weighted by atomic mass is 10.2. The molecule has 148 valence electrons. The molecule has 0 unspecified atom stereocenters. The molecule has 0 fully saturated rings. The van der Waals surface area contributed by atoms with E-state index in [0.717, 1.165) is 4.57 Å². The highest BCUT2D eigenvalue weighted by Crippen LogP contribution is 2.31. The number of amides is 1. The minimum Gasteiger partial charge on any atom is -0.434 e. The van der Waals surface area contributed by atoms with E-state index in [0.29, 0.717) is 0 Å². The Balaban J connectivity index is 1.78. The number of alkyl halides is 5. The van der Waals surface area contributed by atoms with Crippen LogP contribution in [0.4, 0.5) is 22.0 Å². The summed E-state index contributed by atoms with van der Waals surface area (Å²) in [6.07, 6.45) is -4.74. The molecule has 0 radical (unpaired) electrons. The van der Waals surface area contributed by atoms with Crippen molar-refractivity contribution in [1.82, 2.24) is 14.9 Å². The van der Waals surface area contributed by atoms with E-state index in [4.69, 9.17) is 0 Å². The number of benzene rings is 2. The normalized spacial score (nSPS) is 11.8. The number of hydrogen-bond donors (Lipinski definition) is 1. The van der Waals surface area contributed by atoms with Gasteiger partial charge in [-0.3, -0.25) is 4.79 Å². The van der Waals surface area contributed by atoms with E-state index in [9.17, 15) is 26.7 Å². The number of aromatic nitrogens is 2. The largest absolute Gasteiger partial charge is 0.449 e. The molecule has 1 N–H and O–H groups in total. The summed E-state index contributed by atoms with van der Waals surface area (Å²) in [4.78, 5) is 15.8. The van der Waals surface area contributed by atoms with Crippen LogP contribution in [0.15, 0.2) is 48.5 Å². The standard InChI is InChI=1S/C18H14F5N3O2/c19-17(20)28-14-8-4-1-5-11(14)9-24-15(27)10-26-13-7-3-2-6-12(13)25-16(26)18(21,22)23/h1-8,17H,9-10H2,(H,24,27). The van der Waals surface area contributed by atoms with E-state index in [-0.39, 0.29) is 28.9 Å². The van der Waals surface area contributed by atoms with Crippen LogP contribution in [-0.2, 0) is 24.1 Å². The van der Waals surface area contributed by atoms with Crippen molar-refractivity contribution in [2.24, 2.45) is 0 Å². The fraction of sp³-hybridized carbons (Fsp3) is 0.222. The highest BCUT2D eigenvalue weighted by molar-refractivity contribution is 5.81. The molecule has 1 aromatic heterocycles. The van der Waals surface area contributed by atoms with Gasteiger partial charge in [0.25, 0.3) is 0 Å². The number of imidazole rings is 1. The van der Waals surface area contributed by atoms with Crippen molar-refractivity contribution in [2.75, 3.05) is 0 Å². The van der Waals surface area contributed by atoms with Gasteiger partial charge in [0.1, 0.15) is 12.3 Å². The van der Waals surface area contributed by atoms with E-state index in [1.165, 1.54) is 36.4 Å². The molecule has 0 aliphatic heterocycles. The zero-order chi connectivity index (χ0) is 20.3. The Bertz CT molecular complexity index is 985. The van der Waals surface area contributed by atoms with Gasteiger partial charge in [0.15, 0.2) is 0 Å². The number of para-hydroxylation sites is 3. The molecule has 5 nitrogen and oxygen atoms in total. The van der Waals surface area contributed by atoms with Gasteiger partial charge in [-0.1, -0.05) is 30.3 Å². The minimum absolute atomic E-state index is 0.110. The third-order valence-corrected chi connectivity index (χ3v) is 3.87. The molecule has 10 heteroatoms. The number of ether oxygens (including phenoxy) is 1. The average Bonchev–Trinajstić information content (AvgIpc) is 2.99. The van der Waals surface area contributed by atoms with Crippen LogP contribution in [0.2, 0.25) is 0 Å². The van der Waals surface area contributed by atoms with Crippen LogP contribution in [0.5, 0.6) is 5.75 Å². The maximum Gasteiger partial charge on any atom is 0.449 e. The first-order chi connectivity index (χ1) is 13.3. The second-order valence-corrected chi connectivity index (χ2v) is 5.77. The summed E-state index contributed by atoms with van der Waals surface area (Å²) in [6, 6.07) is 11.7. The molecular weight excluding hydrogens is 385 g/mol. The third kappa shape index (κ3) is 4.38. The molecule has 0 saturated heterocycles. The molecule has 3 rings (SSSR count). The molecule has 0 bridgehead atoms. The Hall–Kier alpha value is -3.17. The predicted octanol–water partition coefficient (Wildman–Crippen LogP) is 3.97. The Labute approximate surface area is 155 Å². The van der Waals surface area contributed by atoms with E-state index < -0.39 is 31.1 Å². The van der Waals surface area contributed by atoms with Gasteiger partial charge in [0.2, 0.25) is 11.7 Å². The molecule has 3 aromatic rings. The van der Waals surface area contributed by atoms with Crippen LogP contribution in [0, 0.1) is 0 Å². The number of carbonyl (C=O) groups excluding carboxylic acids is 1. The highest BCUT2D eigenvalue weighted by Gasteiger charge is 2.37. The van der Waals surface area contributed by atoms with Crippen molar-refractivity contribution in [3.8, 4) is 5.75 Å². The molecule has 0 atom stereocenters. The number of rotatable bonds is 6. The first-order valence-electron chi connectivity index (χ1n) is 8.07. The van der Waals surface area contributed by atoms with Crippen LogP contribution in [0.1, 0.15) is 11.4 Å². The van der Waals surface area contributed by atoms with Gasteiger partial charge in [-0.05, 0) is 18.2 Å². The summed E-state index contributed by atoms with van der Waals surface area (Å²) in [7, 11) is 0. The van der Waals surface area contributed by atoms with Crippen LogP contribution < -0.4 is 10.1 Å². The first kappa shape index (κ1) is 19.6. The lowest BCUT2D eigenvalue weighted by molar-refractivity contribution is -0.147. The molecule has 1 heterocycles. The van der Waals surface area contributed by atoms with Gasteiger partial charge in [-0.2, -0.15) is 22.0 Å². The van der Waals surface area contributed by atoms with Crippen molar-refractivity contribution in [3.05, 3.63) is 59.9 Å². The van der Waals surface area contributed by atoms with Crippen LogP contribution in [0.25, 0.3) is 11.0 Å². The summed E-state index contributed by atoms with van der Waals surface area (Å²) >= 11 is 0. The third-order valence-electron chi connectivity index (χ3n) is 3.87. The monoisotopic (exact) mass is 399 g/mol. The Morgan fingerprint density at radius 2 is 1.79 bits per heavy atom. The van der Waals surface area contributed by atoms with Crippen molar-refractivity contribution >= 4 is 16.9 Å². The zero-order valence-electron chi connectivity index (χ0n) is 14.2. The van der Waals surface area contributed by atoms with Crippen LogP contribution in [0.3, 0.4) is 0 Å². The lowest BCUT2D eigenvalue weighted by Crippen LogP contribution is -2.29. The second kappa shape index (κ2) is 7.83. The van der Waals surface area contributed by atoms with Gasteiger partial charge in [0.05, 0.1) is 11.0 Å². The van der Waals surface area contributed by atoms with Gasteiger partial charge in [-0.15, -0.1) is 0 Å². The van der Waals surface area contributed by atoms with Crippen LogP contribution in [-0.4, -0.2) is 22.1 Å². The van der Waals surface area contributed by atoms with Gasteiger partial charge < -0.3 is 14.6 Å². The summed E-state index contributed by atoms with van der Waals surface area (Å²) in [5, 5.41) is 2.41. The topological polar surface area (TPSA) is 56.2 Å². The highest BCUT2D eigenvalue weighted by atomic mass is 19.4. The maximum atomic E-state index is 13.3. The van der Waals surface area contributed by atoms with Crippen molar-refractivity contribution in [2.45, 2.75) is 25.9 Å². The molecule has 1 amide bonds. The molecule has 28 heavy (non-hydrogen) atoms. The van der Waals surface area contributed by atoms with E-state index >= 15 is 0 Å². The molecular formula is C18H14F5N3O2. The number of nitrogens with one attached hydrogen (secondary N) is 1. The number of hydrogen-bond acceptors (Lipinski definition) is 3. The number of halogens is 5. The summed E-state index contributed by atoms with van der Waals surface area (Å²) in [5.41, 5.74) is 0.535. The number of nitrogens with zero attached hydrogens (tertiary/aromatic N) is 2. The van der Waals surface area contributed by atoms with Gasteiger partial charge in [0, 0.05) is 12.1 Å². The fourth-order valence-corrected chi connectivity index (χ4v) is 2.71. The SMILES string of the molecule is O=C(Cn1c(C(F)(F)F)nc2ccccc21)NCc1ccccc1OC(F)F. The fourth-order valence-electron chi connectivity index (χ4n) is 2.71. The average molecular weight is 399 g/mol. The molecule has 0 aliphatic rings. The molecule has 0 aliphatic carbocycles. The molecule has 2 aromatic carbocycles. The number of fused-ring (bicyclic) bond motifs is 1. The Kier molecular flexibility index (Phi) is 5.48. The molecule has 0 saturated carbocycles. The van der Waals surface area contributed by atoms with Gasteiger partial charge >= 0.3 is 12.8 Å². The summed E-state index contributed by atoms with van der Waals surface area (Å²) < 4.78 is 69.8. The summed E-state index contributed by atoms with van der Waals surface area (Å²) in [6.45, 7) is -3.85. The molecule has 0 spiro atoms. The van der Waals surface area contributed by atoms with Crippen molar-refractivity contribution in [1.29, 1.82) is 0 Å². The smallest absolute Gasteiger partial charge is 0.434 e. The summed E-state index contributed by atoms with van der Waals surface area (Å²) in [5.74, 6) is -2.05. The quantitative estimate of drug-likeness (QED) is 0.638. The van der Waals surface area contributed by atoms with Crippen molar-refractivity contribution < 1.29 is 31.5 Å². The lowest BCUT2D eigenvalue weighted by Gasteiger charge is -2.13. The maximum absolute atomic E-state index is 13.3. The Morgan fingerprint density at radius 3 is 2.50 bits per heavy atom. The first-order valence-corrected chi connectivity index (χ1v) is 8.07. The zero-order valence-corrected chi connectivity index (χ0v) is 14.2. The Morgan fingerprint density at radius 1 is 1.11 bits per heavy atom. The van der Waals surface area contributed by atoms with Crippen molar-refractivity contribution in [3.63, 3.8) is 0 Å². The second-order valence-electron chi connectivity index (χ2n) is 5.77. The predicted molar refractivity (Wildman–Crippen MR) is 89.7 cm³/mol.